The van der Waals surface area contributed by atoms with Gasteiger partial charge in [0.15, 0.2) is 11.6 Å². The maximum absolute atomic E-state index is 14.8. The van der Waals surface area contributed by atoms with Crippen LogP contribution in [-0.2, 0) is 4.74 Å². The number of nitrogens with two attached hydrogens (primary N) is 1. The molecule has 0 saturated heterocycles. The summed E-state index contributed by atoms with van der Waals surface area (Å²) in [7, 11) is 0. The highest BCUT2D eigenvalue weighted by Crippen LogP contribution is 2.26. The van der Waals surface area contributed by atoms with Crippen molar-refractivity contribution in [3.63, 3.8) is 0 Å². The number of pyridine rings is 1. The van der Waals surface area contributed by atoms with Crippen LogP contribution in [0.15, 0.2) is 24.3 Å². The van der Waals surface area contributed by atoms with Crippen LogP contribution in [0, 0.1) is 19.7 Å². The van der Waals surface area contributed by atoms with Crippen LogP contribution in [-0.4, -0.2) is 34.7 Å². The van der Waals surface area contributed by atoms with E-state index in [9.17, 15) is 14.0 Å². The van der Waals surface area contributed by atoms with E-state index < -0.39 is 29.5 Å². The lowest BCUT2D eigenvalue weighted by atomic mass is 10.1. The van der Waals surface area contributed by atoms with Gasteiger partial charge in [0, 0.05) is 17.8 Å². The van der Waals surface area contributed by atoms with Crippen molar-refractivity contribution in [1.29, 1.82) is 0 Å². The second-order valence-corrected chi connectivity index (χ2v) is 9.10. The molecular formula is C24H34FN5O3. The number of anilines is 3. The minimum absolute atomic E-state index is 0.0592. The second-order valence-electron chi connectivity index (χ2n) is 9.10. The summed E-state index contributed by atoms with van der Waals surface area (Å²) in [5.74, 6) is -1.45. The zero-order chi connectivity index (χ0) is 24.9. The Kier molecular flexibility index (Phi) is 8.24. The summed E-state index contributed by atoms with van der Waals surface area (Å²) in [6, 6.07) is 5.99. The van der Waals surface area contributed by atoms with Gasteiger partial charge in [0.25, 0.3) is 5.91 Å². The molecule has 8 nitrogen and oxygen atoms in total. The van der Waals surface area contributed by atoms with Crippen molar-refractivity contribution in [2.45, 2.75) is 72.6 Å². The standard InChI is InChI=1S/C24H34FN5O3/c1-8-19(15(4)27-23(32)33-24(5,6)7)29-22-18(25)12-17(20(26)31)21(30-22)28-16-10-9-13(2)14(3)11-16/h9-12,15,19H,8H2,1-7H3,(H2,26,31)(H,27,32)(H2,28,29,30)/t15-,19+/m0/s1. The minimum atomic E-state index is -0.800. The fourth-order valence-electron chi connectivity index (χ4n) is 3.18. The van der Waals surface area contributed by atoms with Gasteiger partial charge in [0.2, 0.25) is 0 Å². The van der Waals surface area contributed by atoms with Gasteiger partial charge in [-0.25, -0.2) is 14.2 Å². The topological polar surface area (TPSA) is 118 Å². The zero-order valence-corrected chi connectivity index (χ0v) is 20.3. The number of aromatic nitrogens is 1. The van der Waals surface area contributed by atoms with Gasteiger partial charge >= 0.3 is 6.09 Å². The molecule has 1 aromatic carbocycles. The van der Waals surface area contributed by atoms with Gasteiger partial charge in [0.1, 0.15) is 11.4 Å². The SMILES string of the molecule is CC[C@@H](Nc1nc(Nc2ccc(C)c(C)c2)c(C(N)=O)cc1F)[C@H](C)NC(=O)OC(C)(C)C. The highest BCUT2D eigenvalue weighted by atomic mass is 19.1. The predicted molar refractivity (Wildman–Crippen MR) is 128 cm³/mol. The summed E-state index contributed by atoms with van der Waals surface area (Å²) in [5, 5.41) is 8.85. The molecule has 2 atom stereocenters. The van der Waals surface area contributed by atoms with Gasteiger partial charge in [0.05, 0.1) is 5.56 Å². The van der Waals surface area contributed by atoms with Crippen molar-refractivity contribution in [3.8, 4) is 0 Å². The smallest absolute Gasteiger partial charge is 0.407 e. The van der Waals surface area contributed by atoms with E-state index >= 15 is 0 Å². The number of amides is 2. The lowest BCUT2D eigenvalue weighted by Crippen LogP contribution is -2.46. The molecule has 0 bridgehead atoms. The predicted octanol–water partition coefficient (Wildman–Crippen LogP) is 4.78. The fraction of sp³-hybridized carbons (Fsp3) is 0.458. The van der Waals surface area contributed by atoms with Crippen LogP contribution in [0.4, 0.5) is 26.5 Å². The minimum Gasteiger partial charge on any atom is -0.444 e. The molecule has 1 heterocycles. The molecule has 2 amide bonds. The number of carbonyl (C=O) groups excluding carboxylic acids is 2. The molecule has 0 aliphatic carbocycles. The quantitative estimate of drug-likeness (QED) is 0.451. The molecule has 5 N–H and O–H groups in total. The Balaban J connectivity index is 2.29. The van der Waals surface area contributed by atoms with Crippen molar-refractivity contribution in [3.05, 3.63) is 46.8 Å². The first kappa shape index (κ1) is 25.9. The highest BCUT2D eigenvalue weighted by Gasteiger charge is 2.24. The average molecular weight is 460 g/mol. The van der Waals surface area contributed by atoms with E-state index in [0.717, 1.165) is 17.2 Å². The molecular weight excluding hydrogens is 425 g/mol. The number of alkyl carbamates (subject to hydrolysis) is 1. The van der Waals surface area contributed by atoms with Crippen LogP contribution < -0.4 is 21.7 Å². The van der Waals surface area contributed by atoms with Crippen molar-refractivity contribution >= 4 is 29.3 Å². The number of hydrogen-bond donors (Lipinski definition) is 4. The Morgan fingerprint density at radius 3 is 2.36 bits per heavy atom. The van der Waals surface area contributed by atoms with E-state index in [1.54, 1.807) is 27.7 Å². The summed E-state index contributed by atoms with van der Waals surface area (Å²) in [5.41, 5.74) is 7.61. The molecule has 1 aromatic heterocycles. The third-order valence-electron chi connectivity index (χ3n) is 5.12. The number of halogens is 1. The molecule has 0 radical (unpaired) electrons. The van der Waals surface area contributed by atoms with Crippen LogP contribution in [0.25, 0.3) is 0 Å². The monoisotopic (exact) mass is 459 g/mol. The van der Waals surface area contributed by atoms with E-state index in [2.05, 4.69) is 20.9 Å². The molecule has 33 heavy (non-hydrogen) atoms. The second kappa shape index (κ2) is 10.5. The van der Waals surface area contributed by atoms with Gasteiger partial charge in [-0.1, -0.05) is 13.0 Å². The first-order chi connectivity index (χ1) is 15.3. The Hall–Kier alpha value is -3.36. The summed E-state index contributed by atoms with van der Waals surface area (Å²) >= 11 is 0. The average Bonchev–Trinajstić information content (AvgIpc) is 2.68. The van der Waals surface area contributed by atoms with Crippen LogP contribution in [0.5, 0.6) is 0 Å². The molecule has 2 rings (SSSR count). The number of hydrogen-bond acceptors (Lipinski definition) is 6. The molecule has 0 saturated carbocycles. The normalized spacial score (nSPS) is 13.1. The van der Waals surface area contributed by atoms with E-state index in [1.807, 2.05) is 39.0 Å². The van der Waals surface area contributed by atoms with Gasteiger partial charge in [-0.2, -0.15) is 0 Å². The molecule has 0 aliphatic rings. The van der Waals surface area contributed by atoms with Crippen molar-refractivity contribution < 1.29 is 18.7 Å². The maximum Gasteiger partial charge on any atom is 0.407 e. The van der Waals surface area contributed by atoms with E-state index in [0.29, 0.717) is 12.1 Å². The maximum atomic E-state index is 14.8. The highest BCUT2D eigenvalue weighted by molar-refractivity contribution is 5.98. The van der Waals surface area contributed by atoms with Crippen molar-refractivity contribution in [2.24, 2.45) is 5.73 Å². The number of ether oxygens (including phenoxy) is 1. The third-order valence-corrected chi connectivity index (χ3v) is 5.12. The summed E-state index contributed by atoms with van der Waals surface area (Å²) in [6.07, 6.45) is 0.000104. The Labute approximate surface area is 194 Å². The number of primary amides is 1. The molecule has 0 spiro atoms. The number of rotatable bonds is 8. The summed E-state index contributed by atoms with van der Waals surface area (Å²) < 4.78 is 20.1. The summed E-state index contributed by atoms with van der Waals surface area (Å²) in [6.45, 7) is 13.0. The van der Waals surface area contributed by atoms with E-state index in [4.69, 9.17) is 10.5 Å². The molecule has 0 fully saturated rings. The molecule has 9 heteroatoms. The van der Waals surface area contributed by atoms with E-state index in [1.165, 1.54) is 0 Å². The first-order valence-corrected chi connectivity index (χ1v) is 10.9. The van der Waals surface area contributed by atoms with Crippen LogP contribution >= 0.6 is 0 Å². The zero-order valence-electron chi connectivity index (χ0n) is 20.3. The molecule has 2 aromatic rings. The Bertz CT molecular complexity index is 1020. The Morgan fingerprint density at radius 1 is 1.15 bits per heavy atom. The van der Waals surface area contributed by atoms with Crippen LogP contribution in [0.1, 0.15) is 62.5 Å². The molecule has 0 aliphatic heterocycles. The van der Waals surface area contributed by atoms with Gasteiger partial charge in [-0.05, 0) is 77.3 Å². The van der Waals surface area contributed by atoms with Crippen molar-refractivity contribution in [2.75, 3.05) is 10.6 Å². The number of nitrogens with one attached hydrogen (secondary N) is 3. The summed E-state index contributed by atoms with van der Waals surface area (Å²) in [4.78, 5) is 28.3. The Morgan fingerprint density at radius 2 is 1.82 bits per heavy atom. The number of nitrogens with zero attached hydrogens (tertiary/aromatic N) is 1. The number of carbonyl (C=O) groups is 2. The third kappa shape index (κ3) is 7.34. The lowest BCUT2D eigenvalue weighted by molar-refractivity contribution is 0.0503. The lowest BCUT2D eigenvalue weighted by Gasteiger charge is -2.27. The fourth-order valence-corrected chi connectivity index (χ4v) is 3.18. The number of benzene rings is 1. The van der Waals surface area contributed by atoms with Gasteiger partial charge in [-0.3, -0.25) is 4.79 Å². The largest absolute Gasteiger partial charge is 0.444 e. The first-order valence-electron chi connectivity index (χ1n) is 10.9. The molecule has 0 unspecified atom stereocenters. The van der Waals surface area contributed by atoms with Gasteiger partial charge < -0.3 is 26.4 Å². The van der Waals surface area contributed by atoms with Crippen LogP contribution in [0.3, 0.4) is 0 Å². The molecule has 180 valence electrons. The van der Waals surface area contributed by atoms with E-state index in [-0.39, 0.29) is 23.2 Å². The van der Waals surface area contributed by atoms with Gasteiger partial charge in [-0.15, -0.1) is 0 Å². The van der Waals surface area contributed by atoms with Crippen molar-refractivity contribution in [1.82, 2.24) is 10.3 Å². The number of aryl methyl sites for hydroxylation is 2. The van der Waals surface area contributed by atoms with Crippen LogP contribution in [0.2, 0.25) is 0 Å².